The van der Waals surface area contributed by atoms with E-state index in [1.165, 1.54) is 12.3 Å². The Morgan fingerprint density at radius 2 is 2.05 bits per heavy atom. The molecule has 5 heteroatoms. The molecule has 0 saturated carbocycles. The zero-order valence-electron chi connectivity index (χ0n) is 11.0. The molecule has 104 valence electrons. The molecule has 2 N–H and O–H groups in total. The van der Waals surface area contributed by atoms with Crippen LogP contribution in [0.25, 0.3) is 0 Å². The number of nitrogens with one attached hydrogen (secondary N) is 2. The fourth-order valence-corrected chi connectivity index (χ4v) is 2.14. The fourth-order valence-electron chi connectivity index (χ4n) is 1.88. The van der Waals surface area contributed by atoms with Gasteiger partial charge in [-0.2, -0.15) is 0 Å². The van der Waals surface area contributed by atoms with Gasteiger partial charge in [-0.25, -0.2) is 0 Å². The Morgan fingerprint density at radius 3 is 2.65 bits per heavy atom. The number of aryl methyl sites for hydroxylation is 1. The maximum atomic E-state index is 12.1. The topological polar surface area (TPSA) is 62.0 Å². The third kappa shape index (κ3) is 3.27. The van der Waals surface area contributed by atoms with E-state index in [-0.39, 0.29) is 22.9 Å². The van der Waals surface area contributed by atoms with Crippen molar-refractivity contribution in [1.29, 1.82) is 0 Å². The number of rotatable bonds is 4. The monoisotopic (exact) mass is 290 g/mol. The van der Waals surface area contributed by atoms with E-state index in [9.17, 15) is 9.59 Å². The van der Waals surface area contributed by atoms with E-state index in [0.717, 1.165) is 5.56 Å². The molecule has 0 aliphatic carbocycles. The lowest BCUT2D eigenvalue weighted by molar-refractivity contribution is 0.0939. The Bertz CT molecular complexity index is 652. The number of H-pyrrole nitrogens is 1. The summed E-state index contributed by atoms with van der Waals surface area (Å²) in [7, 11) is 0. The number of amides is 1. The zero-order chi connectivity index (χ0) is 14.5. The second-order valence-electron chi connectivity index (χ2n) is 4.48. The van der Waals surface area contributed by atoms with Crippen LogP contribution in [0, 0.1) is 6.92 Å². The molecule has 0 fully saturated rings. The van der Waals surface area contributed by atoms with Crippen LogP contribution in [0.15, 0.2) is 47.4 Å². The largest absolute Gasteiger partial charge is 0.364 e. The normalized spacial score (nSPS) is 11.9. The predicted molar refractivity (Wildman–Crippen MR) is 79.2 cm³/mol. The molecular weight excluding hydrogens is 276 g/mol. The number of hydrogen-bond acceptors (Lipinski definition) is 2. The molecule has 2 aromatic rings. The summed E-state index contributed by atoms with van der Waals surface area (Å²) in [6, 6.07) is 10.5. The first-order valence-corrected chi connectivity index (χ1v) is 6.76. The van der Waals surface area contributed by atoms with Gasteiger partial charge < -0.3 is 10.3 Å². The molecule has 0 saturated heterocycles. The number of alkyl halides is 1. The lowest BCUT2D eigenvalue weighted by Gasteiger charge is -2.16. The maximum absolute atomic E-state index is 12.1. The summed E-state index contributed by atoms with van der Waals surface area (Å²) in [5.41, 5.74) is 1.39. The number of aromatic nitrogens is 1. The molecule has 1 atom stereocenters. The molecule has 20 heavy (non-hydrogen) atoms. The molecule has 4 nitrogen and oxygen atoms in total. The molecule has 0 bridgehead atoms. The lowest BCUT2D eigenvalue weighted by Crippen LogP contribution is -2.33. The number of carbonyl (C=O) groups excluding carboxylic acids is 1. The van der Waals surface area contributed by atoms with Crippen molar-refractivity contribution in [3.05, 3.63) is 69.6 Å². The van der Waals surface area contributed by atoms with Crippen molar-refractivity contribution in [2.24, 2.45) is 0 Å². The Labute approximate surface area is 121 Å². The summed E-state index contributed by atoms with van der Waals surface area (Å²) >= 11 is 5.90. The van der Waals surface area contributed by atoms with E-state index in [1.807, 2.05) is 30.3 Å². The highest BCUT2D eigenvalue weighted by Gasteiger charge is 2.16. The standard InChI is InChI=1S/C15H15ClN2O2/c1-10-7-14(19)12(9-17-10)15(20)18-13(8-16)11-5-3-2-4-6-11/h2-7,9,13H,8H2,1H3,(H,17,19)(H,18,20). The summed E-state index contributed by atoms with van der Waals surface area (Å²) in [5.74, 6) is -0.194. The van der Waals surface area contributed by atoms with E-state index >= 15 is 0 Å². The average Bonchev–Trinajstić information content (AvgIpc) is 2.45. The minimum Gasteiger partial charge on any atom is -0.364 e. The van der Waals surface area contributed by atoms with E-state index in [2.05, 4.69) is 10.3 Å². The van der Waals surface area contributed by atoms with Crippen molar-refractivity contribution in [2.45, 2.75) is 13.0 Å². The van der Waals surface area contributed by atoms with E-state index in [1.54, 1.807) is 6.92 Å². The van der Waals surface area contributed by atoms with Gasteiger partial charge in [0.1, 0.15) is 5.56 Å². The number of halogens is 1. The molecule has 0 aliphatic rings. The van der Waals surface area contributed by atoms with Gasteiger partial charge in [0.05, 0.1) is 6.04 Å². The second kappa shape index (κ2) is 6.39. The average molecular weight is 291 g/mol. The van der Waals surface area contributed by atoms with Gasteiger partial charge in [0, 0.05) is 23.8 Å². The van der Waals surface area contributed by atoms with Gasteiger partial charge in [-0.15, -0.1) is 11.6 Å². The molecule has 2 rings (SSSR count). The van der Waals surface area contributed by atoms with Gasteiger partial charge in [-0.1, -0.05) is 30.3 Å². The highest BCUT2D eigenvalue weighted by Crippen LogP contribution is 2.14. The summed E-state index contributed by atoms with van der Waals surface area (Å²) in [6.07, 6.45) is 1.42. The van der Waals surface area contributed by atoms with Gasteiger partial charge >= 0.3 is 0 Å². The van der Waals surface area contributed by atoms with E-state index < -0.39 is 5.91 Å². The van der Waals surface area contributed by atoms with Gasteiger partial charge in [0.15, 0.2) is 5.43 Å². The summed E-state index contributed by atoms with van der Waals surface area (Å²) in [6.45, 7) is 1.76. The van der Waals surface area contributed by atoms with E-state index in [0.29, 0.717) is 5.69 Å². The Hall–Kier alpha value is -2.07. The van der Waals surface area contributed by atoms with Crippen molar-refractivity contribution < 1.29 is 4.79 Å². The second-order valence-corrected chi connectivity index (χ2v) is 4.79. The van der Waals surface area contributed by atoms with Crippen LogP contribution in [0.1, 0.15) is 27.7 Å². The number of hydrogen-bond donors (Lipinski definition) is 2. The van der Waals surface area contributed by atoms with E-state index in [4.69, 9.17) is 11.6 Å². The first kappa shape index (κ1) is 14.3. The van der Waals surface area contributed by atoms with Crippen molar-refractivity contribution >= 4 is 17.5 Å². The number of benzene rings is 1. The van der Waals surface area contributed by atoms with Crippen LogP contribution < -0.4 is 10.7 Å². The first-order chi connectivity index (χ1) is 9.61. The van der Waals surface area contributed by atoms with Crippen LogP contribution in [-0.4, -0.2) is 16.8 Å². The van der Waals surface area contributed by atoms with Gasteiger partial charge in [-0.3, -0.25) is 9.59 Å². The number of pyridine rings is 1. The maximum Gasteiger partial charge on any atom is 0.257 e. The molecule has 1 aromatic carbocycles. The molecular formula is C15H15ClN2O2. The van der Waals surface area contributed by atoms with Crippen LogP contribution in [0.5, 0.6) is 0 Å². The Morgan fingerprint density at radius 1 is 1.35 bits per heavy atom. The van der Waals surface area contributed by atoms with Crippen molar-refractivity contribution in [3.63, 3.8) is 0 Å². The van der Waals surface area contributed by atoms with Crippen molar-refractivity contribution in [1.82, 2.24) is 10.3 Å². The van der Waals surface area contributed by atoms with Gasteiger partial charge in [-0.05, 0) is 12.5 Å². The molecule has 1 heterocycles. The highest BCUT2D eigenvalue weighted by molar-refractivity contribution is 6.18. The predicted octanol–water partition coefficient (Wildman–Crippen LogP) is 2.39. The molecule has 1 unspecified atom stereocenters. The number of aromatic amines is 1. The summed E-state index contributed by atoms with van der Waals surface area (Å²) in [5, 5.41) is 2.77. The first-order valence-electron chi connectivity index (χ1n) is 6.23. The molecule has 0 radical (unpaired) electrons. The quantitative estimate of drug-likeness (QED) is 0.849. The summed E-state index contributed by atoms with van der Waals surface area (Å²) in [4.78, 5) is 26.8. The highest BCUT2D eigenvalue weighted by atomic mass is 35.5. The Balaban J connectivity index is 2.20. The smallest absolute Gasteiger partial charge is 0.257 e. The Kier molecular flexibility index (Phi) is 4.58. The molecule has 0 aliphatic heterocycles. The SMILES string of the molecule is Cc1cc(=O)c(C(=O)NC(CCl)c2ccccc2)c[nH]1. The van der Waals surface area contributed by atoms with Gasteiger partial charge in [0.2, 0.25) is 0 Å². The minimum atomic E-state index is -0.430. The molecule has 0 spiro atoms. The van der Waals surface area contributed by atoms with Crippen molar-refractivity contribution in [3.8, 4) is 0 Å². The third-order valence-electron chi connectivity index (χ3n) is 2.96. The van der Waals surface area contributed by atoms with Gasteiger partial charge in [0.25, 0.3) is 5.91 Å². The minimum absolute atomic E-state index is 0.0849. The third-order valence-corrected chi connectivity index (χ3v) is 3.27. The molecule has 1 aromatic heterocycles. The fraction of sp³-hybridized carbons (Fsp3) is 0.200. The molecule has 1 amide bonds. The van der Waals surface area contributed by atoms with Crippen LogP contribution in [0.4, 0.5) is 0 Å². The van der Waals surface area contributed by atoms with Crippen LogP contribution in [0.2, 0.25) is 0 Å². The summed E-state index contributed by atoms with van der Waals surface area (Å²) < 4.78 is 0. The van der Waals surface area contributed by atoms with Crippen LogP contribution in [-0.2, 0) is 0 Å². The number of carbonyl (C=O) groups is 1. The lowest BCUT2D eigenvalue weighted by atomic mass is 10.1. The van der Waals surface area contributed by atoms with Crippen LogP contribution in [0.3, 0.4) is 0 Å². The zero-order valence-corrected chi connectivity index (χ0v) is 11.8. The van der Waals surface area contributed by atoms with Crippen LogP contribution >= 0.6 is 11.6 Å². The van der Waals surface area contributed by atoms with Crippen molar-refractivity contribution in [2.75, 3.05) is 5.88 Å².